The van der Waals surface area contributed by atoms with Crippen molar-refractivity contribution in [2.45, 2.75) is 17.6 Å². The smallest absolute Gasteiger partial charge is 0.261 e. The van der Waals surface area contributed by atoms with Gasteiger partial charge in [-0.05, 0) is 29.8 Å². The van der Waals surface area contributed by atoms with Gasteiger partial charge < -0.3 is 0 Å². The summed E-state index contributed by atoms with van der Waals surface area (Å²) in [5.74, 6) is -0.439. The Hall–Kier alpha value is -2.78. The summed E-state index contributed by atoms with van der Waals surface area (Å²) in [6.45, 7) is 3.18. The van der Waals surface area contributed by atoms with Crippen LogP contribution in [0.4, 0.5) is 19.0 Å². The minimum absolute atomic E-state index is 0.103. The number of hydrogen-bond donors (Lipinski definition) is 1. The molecule has 5 nitrogen and oxygen atoms in total. The molecule has 0 aliphatic heterocycles. The van der Waals surface area contributed by atoms with E-state index >= 15 is 0 Å². The summed E-state index contributed by atoms with van der Waals surface area (Å²) in [5.41, 5.74) is -1.37. The Kier molecular flexibility index (Phi) is 5.72. The highest BCUT2D eigenvalue weighted by Gasteiger charge is 2.41. The van der Waals surface area contributed by atoms with Crippen LogP contribution >= 0.6 is 11.6 Å². The Balaban J connectivity index is 2.23. The standard InChI is InChI=1S/C19H15ClF3N3O2S/c1-2-12-26-17(19(21,22)23)16(13-8-10-14(20)11-9-13)18(24-26)25-29(27,28)15-6-4-3-5-7-15/h2-11H,1,12H2,(H,24,25). The van der Waals surface area contributed by atoms with E-state index in [9.17, 15) is 21.6 Å². The van der Waals surface area contributed by atoms with Crippen LogP contribution in [0.15, 0.2) is 72.1 Å². The SMILES string of the molecule is C=CCn1nc(NS(=O)(=O)c2ccccc2)c(-c2ccc(Cl)cc2)c1C(F)(F)F. The first-order valence-electron chi connectivity index (χ1n) is 8.26. The minimum atomic E-state index is -4.79. The van der Waals surface area contributed by atoms with E-state index in [1.54, 1.807) is 6.07 Å². The molecule has 0 fully saturated rings. The van der Waals surface area contributed by atoms with Crippen LogP contribution in [0.5, 0.6) is 0 Å². The van der Waals surface area contributed by atoms with Crippen molar-refractivity contribution in [3.8, 4) is 11.1 Å². The summed E-state index contributed by atoms with van der Waals surface area (Å²) >= 11 is 5.84. The van der Waals surface area contributed by atoms with Crippen molar-refractivity contribution in [3.63, 3.8) is 0 Å². The van der Waals surface area contributed by atoms with Crippen molar-refractivity contribution in [3.05, 3.63) is 78.0 Å². The van der Waals surface area contributed by atoms with Crippen molar-refractivity contribution in [1.29, 1.82) is 0 Å². The maximum absolute atomic E-state index is 13.9. The third-order valence-corrected chi connectivity index (χ3v) is 5.55. The van der Waals surface area contributed by atoms with Gasteiger partial charge in [0.1, 0.15) is 0 Å². The molecular formula is C19H15ClF3N3O2S. The van der Waals surface area contributed by atoms with Gasteiger partial charge in [0, 0.05) is 5.02 Å². The second-order valence-electron chi connectivity index (χ2n) is 5.97. The van der Waals surface area contributed by atoms with Crippen molar-refractivity contribution < 1.29 is 21.6 Å². The van der Waals surface area contributed by atoms with Crippen molar-refractivity contribution >= 4 is 27.4 Å². The molecule has 0 amide bonds. The van der Waals surface area contributed by atoms with Gasteiger partial charge in [0.25, 0.3) is 10.0 Å². The third kappa shape index (κ3) is 4.46. The lowest BCUT2D eigenvalue weighted by molar-refractivity contribution is -0.143. The second kappa shape index (κ2) is 7.92. The zero-order chi connectivity index (χ0) is 21.2. The molecule has 152 valence electrons. The van der Waals surface area contributed by atoms with E-state index in [-0.39, 0.29) is 17.0 Å². The normalized spacial score (nSPS) is 12.0. The maximum atomic E-state index is 13.9. The van der Waals surface area contributed by atoms with Crippen LogP contribution < -0.4 is 4.72 Å². The number of alkyl halides is 3. The number of hydrogen-bond acceptors (Lipinski definition) is 3. The lowest BCUT2D eigenvalue weighted by atomic mass is 10.1. The Labute approximate surface area is 170 Å². The van der Waals surface area contributed by atoms with Gasteiger partial charge in [0.05, 0.1) is 17.0 Å². The molecule has 0 aliphatic rings. The van der Waals surface area contributed by atoms with Gasteiger partial charge in [-0.25, -0.2) is 8.42 Å². The topological polar surface area (TPSA) is 64.0 Å². The number of rotatable bonds is 6. The van der Waals surface area contributed by atoms with E-state index in [4.69, 9.17) is 11.6 Å². The molecule has 0 aliphatic carbocycles. The van der Waals surface area contributed by atoms with Crippen LogP contribution in [0.3, 0.4) is 0 Å². The molecule has 3 aromatic rings. The van der Waals surface area contributed by atoms with Gasteiger partial charge in [-0.2, -0.15) is 18.3 Å². The molecule has 0 saturated carbocycles. The summed E-state index contributed by atoms with van der Waals surface area (Å²) in [6.07, 6.45) is -3.55. The van der Waals surface area contributed by atoms with E-state index in [0.29, 0.717) is 9.70 Å². The minimum Gasteiger partial charge on any atom is -0.261 e. The number of allylic oxidation sites excluding steroid dienone is 1. The zero-order valence-electron chi connectivity index (χ0n) is 14.8. The fourth-order valence-electron chi connectivity index (χ4n) is 2.75. The Morgan fingerprint density at radius 3 is 2.28 bits per heavy atom. The van der Waals surface area contributed by atoms with Gasteiger partial charge >= 0.3 is 6.18 Å². The van der Waals surface area contributed by atoms with Crippen molar-refractivity contribution in [2.75, 3.05) is 4.72 Å². The lowest BCUT2D eigenvalue weighted by Gasteiger charge is -2.12. The number of benzene rings is 2. The van der Waals surface area contributed by atoms with Crippen LogP contribution in [0.2, 0.25) is 5.02 Å². The highest BCUT2D eigenvalue weighted by atomic mass is 35.5. The molecular weight excluding hydrogens is 427 g/mol. The molecule has 29 heavy (non-hydrogen) atoms. The highest BCUT2D eigenvalue weighted by molar-refractivity contribution is 7.92. The molecule has 0 bridgehead atoms. The van der Waals surface area contributed by atoms with Gasteiger partial charge in [-0.1, -0.05) is 48.0 Å². The van der Waals surface area contributed by atoms with Crippen LogP contribution in [0.1, 0.15) is 5.69 Å². The summed E-state index contributed by atoms with van der Waals surface area (Å²) in [6, 6.07) is 12.9. The van der Waals surface area contributed by atoms with E-state index < -0.39 is 33.3 Å². The fourth-order valence-corrected chi connectivity index (χ4v) is 3.91. The molecule has 10 heteroatoms. The van der Waals surface area contributed by atoms with Crippen LogP contribution in [0, 0.1) is 0 Å². The molecule has 2 aromatic carbocycles. The van der Waals surface area contributed by atoms with E-state index in [1.165, 1.54) is 54.6 Å². The van der Waals surface area contributed by atoms with Crippen molar-refractivity contribution in [2.24, 2.45) is 0 Å². The quantitative estimate of drug-likeness (QED) is 0.534. The monoisotopic (exact) mass is 441 g/mol. The molecule has 1 aromatic heterocycles. The number of anilines is 1. The first-order valence-corrected chi connectivity index (χ1v) is 10.1. The molecule has 0 unspecified atom stereocenters. The van der Waals surface area contributed by atoms with Gasteiger partial charge in [0.15, 0.2) is 11.5 Å². The Bertz CT molecular complexity index is 1130. The number of nitrogens with one attached hydrogen (secondary N) is 1. The Morgan fingerprint density at radius 2 is 1.72 bits per heavy atom. The predicted octanol–water partition coefficient (Wildman–Crippen LogP) is 5.21. The first kappa shape index (κ1) is 20.9. The highest BCUT2D eigenvalue weighted by Crippen LogP contribution is 2.42. The van der Waals surface area contributed by atoms with Crippen LogP contribution in [-0.4, -0.2) is 18.2 Å². The van der Waals surface area contributed by atoms with Gasteiger partial charge in [0.2, 0.25) is 0 Å². The molecule has 1 heterocycles. The number of halogens is 4. The average Bonchev–Trinajstić information content (AvgIpc) is 3.01. The van der Waals surface area contributed by atoms with Crippen molar-refractivity contribution in [1.82, 2.24) is 9.78 Å². The van der Waals surface area contributed by atoms with Crippen LogP contribution in [0.25, 0.3) is 11.1 Å². The summed E-state index contributed by atoms with van der Waals surface area (Å²) < 4.78 is 69.8. The largest absolute Gasteiger partial charge is 0.433 e. The van der Waals surface area contributed by atoms with E-state index in [1.807, 2.05) is 0 Å². The number of aromatic nitrogens is 2. The maximum Gasteiger partial charge on any atom is 0.433 e. The predicted molar refractivity (Wildman–Crippen MR) is 105 cm³/mol. The molecule has 3 rings (SSSR count). The van der Waals surface area contributed by atoms with Crippen LogP contribution in [-0.2, 0) is 22.7 Å². The summed E-state index contributed by atoms with van der Waals surface area (Å²) in [7, 11) is -4.16. The molecule has 0 spiro atoms. The summed E-state index contributed by atoms with van der Waals surface area (Å²) in [4.78, 5) is -0.103. The molecule has 0 atom stereocenters. The second-order valence-corrected chi connectivity index (χ2v) is 8.09. The third-order valence-electron chi connectivity index (χ3n) is 3.94. The molecule has 0 saturated heterocycles. The molecule has 0 radical (unpaired) electrons. The van der Waals surface area contributed by atoms with E-state index in [2.05, 4.69) is 16.4 Å². The van der Waals surface area contributed by atoms with Gasteiger partial charge in [-0.15, -0.1) is 6.58 Å². The summed E-state index contributed by atoms with van der Waals surface area (Å²) in [5, 5.41) is 4.20. The lowest BCUT2D eigenvalue weighted by Crippen LogP contribution is -2.15. The number of nitrogens with zero attached hydrogens (tertiary/aromatic N) is 2. The number of sulfonamides is 1. The first-order chi connectivity index (χ1) is 13.6. The van der Waals surface area contributed by atoms with E-state index in [0.717, 1.165) is 0 Å². The van der Waals surface area contributed by atoms with Gasteiger partial charge in [-0.3, -0.25) is 9.40 Å². The fraction of sp³-hybridized carbons (Fsp3) is 0.105. The average molecular weight is 442 g/mol. The zero-order valence-corrected chi connectivity index (χ0v) is 16.4. The molecule has 1 N–H and O–H groups in total. The Morgan fingerprint density at radius 1 is 1.10 bits per heavy atom.